The van der Waals surface area contributed by atoms with Crippen LogP contribution < -0.4 is 0 Å². The molecule has 2 aliphatic rings. The third-order valence-electron chi connectivity index (χ3n) is 5.46. The van der Waals surface area contributed by atoms with E-state index >= 15 is 0 Å². The summed E-state index contributed by atoms with van der Waals surface area (Å²) in [5, 5.41) is 9.51. The Bertz CT molecular complexity index is 381. The van der Waals surface area contributed by atoms with Crippen LogP contribution in [0.4, 0.5) is 0 Å². The zero-order valence-corrected chi connectivity index (χ0v) is 13.8. The molecule has 2 aliphatic carbocycles. The van der Waals surface area contributed by atoms with Crippen molar-refractivity contribution in [1.82, 2.24) is 4.90 Å². The van der Waals surface area contributed by atoms with Gasteiger partial charge in [0.05, 0.1) is 12.2 Å². The van der Waals surface area contributed by atoms with E-state index in [9.17, 15) is 5.26 Å². The van der Waals surface area contributed by atoms with Crippen LogP contribution in [-0.2, 0) is 4.74 Å². The van der Waals surface area contributed by atoms with E-state index in [0.717, 1.165) is 37.3 Å². The van der Waals surface area contributed by atoms with E-state index in [4.69, 9.17) is 4.74 Å². The Morgan fingerprint density at radius 1 is 1.05 bits per heavy atom. The van der Waals surface area contributed by atoms with E-state index in [1.54, 1.807) is 7.11 Å². The predicted molar refractivity (Wildman–Crippen MR) is 85.9 cm³/mol. The molecule has 0 N–H and O–H groups in total. The minimum Gasteiger partial charge on any atom is -0.381 e. The van der Waals surface area contributed by atoms with E-state index < -0.39 is 0 Å². The SMILES string of the molecule is COC1CCC(C(C#N)=CC2CCC(N(C)C)CC2)CC1. The fraction of sp³-hybridized carbons (Fsp3) is 0.833. The molecule has 3 nitrogen and oxygen atoms in total. The standard InChI is InChI=1S/C18H30N2O/c1-20(2)17-8-4-14(5-9-17)12-16(13-19)15-6-10-18(21-3)11-7-15/h12,14-15,17-18H,4-11H2,1-3H3. The Hall–Kier alpha value is -0.850. The summed E-state index contributed by atoms with van der Waals surface area (Å²) in [7, 11) is 6.15. The van der Waals surface area contributed by atoms with Gasteiger partial charge in [-0.25, -0.2) is 0 Å². The van der Waals surface area contributed by atoms with E-state index in [2.05, 4.69) is 31.1 Å². The van der Waals surface area contributed by atoms with Crippen LogP contribution in [0.25, 0.3) is 0 Å². The van der Waals surface area contributed by atoms with Crippen LogP contribution in [0.3, 0.4) is 0 Å². The molecule has 2 rings (SSSR count). The molecule has 0 aromatic rings. The highest BCUT2D eigenvalue weighted by atomic mass is 16.5. The third kappa shape index (κ3) is 4.56. The molecule has 3 heteroatoms. The fourth-order valence-corrected chi connectivity index (χ4v) is 3.91. The van der Waals surface area contributed by atoms with E-state index in [1.165, 1.54) is 25.7 Å². The van der Waals surface area contributed by atoms with Crippen LogP contribution in [0.5, 0.6) is 0 Å². The zero-order chi connectivity index (χ0) is 15.2. The Kier molecular flexibility index (Phi) is 6.26. The van der Waals surface area contributed by atoms with Gasteiger partial charge in [-0.1, -0.05) is 6.08 Å². The lowest BCUT2D eigenvalue weighted by atomic mass is 9.79. The molecule has 0 bridgehead atoms. The van der Waals surface area contributed by atoms with Gasteiger partial charge in [0.2, 0.25) is 0 Å². The maximum atomic E-state index is 9.51. The van der Waals surface area contributed by atoms with E-state index in [-0.39, 0.29) is 0 Å². The molecule has 0 radical (unpaired) electrons. The van der Waals surface area contributed by atoms with E-state index in [1.807, 2.05) is 0 Å². The van der Waals surface area contributed by atoms with Gasteiger partial charge in [0.1, 0.15) is 0 Å². The summed E-state index contributed by atoms with van der Waals surface area (Å²) in [5.74, 6) is 1.10. The number of hydrogen-bond acceptors (Lipinski definition) is 3. The van der Waals surface area contributed by atoms with Gasteiger partial charge < -0.3 is 9.64 Å². The van der Waals surface area contributed by atoms with Crippen LogP contribution in [-0.4, -0.2) is 38.3 Å². The van der Waals surface area contributed by atoms with Gasteiger partial charge in [0.25, 0.3) is 0 Å². The number of rotatable bonds is 4. The summed E-state index contributed by atoms with van der Waals surface area (Å²) in [6.45, 7) is 0. The molecule has 0 spiro atoms. The molecule has 118 valence electrons. The largest absolute Gasteiger partial charge is 0.381 e. The second-order valence-electron chi connectivity index (χ2n) is 6.98. The number of hydrogen-bond donors (Lipinski definition) is 0. The average Bonchev–Trinajstić information content (AvgIpc) is 2.53. The number of methoxy groups -OCH3 is 1. The Morgan fingerprint density at radius 3 is 2.14 bits per heavy atom. The van der Waals surface area contributed by atoms with Crippen molar-refractivity contribution >= 4 is 0 Å². The van der Waals surface area contributed by atoms with Crippen LogP contribution in [0, 0.1) is 23.2 Å². The Labute approximate surface area is 130 Å². The van der Waals surface area contributed by atoms with Gasteiger partial charge in [-0.15, -0.1) is 0 Å². The van der Waals surface area contributed by atoms with Crippen molar-refractivity contribution in [2.75, 3.05) is 21.2 Å². The van der Waals surface area contributed by atoms with E-state index in [0.29, 0.717) is 17.9 Å². The minimum absolute atomic E-state index is 0.414. The van der Waals surface area contributed by atoms with Crippen LogP contribution in [0.1, 0.15) is 51.4 Å². The minimum atomic E-state index is 0.414. The van der Waals surface area contributed by atoms with Gasteiger partial charge in [0, 0.05) is 18.7 Å². The number of ether oxygens (including phenoxy) is 1. The van der Waals surface area contributed by atoms with Crippen LogP contribution in [0.15, 0.2) is 11.6 Å². The molecule has 0 unspecified atom stereocenters. The smallest absolute Gasteiger partial charge is 0.0946 e. The fourth-order valence-electron chi connectivity index (χ4n) is 3.91. The van der Waals surface area contributed by atoms with Gasteiger partial charge in [-0.05, 0) is 77.3 Å². The summed E-state index contributed by atoms with van der Waals surface area (Å²) in [6.07, 6.45) is 12.2. The highest BCUT2D eigenvalue weighted by Crippen LogP contribution is 2.34. The zero-order valence-electron chi connectivity index (χ0n) is 13.8. The normalized spacial score (nSPS) is 34.7. The first-order valence-electron chi connectivity index (χ1n) is 8.45. The molecule has 0 aromatic carbocycles. The van der Waals surface area contributed by atoms with Crippen molar-refractivity contribution in [2.24, 2.45) is 11.8 Å². The van der Waals surface area contributed by atoms with Crippen LogP contribution in [0.2, 0.25) is 0 Å². The van der Waals surface area contributed by atoms with Crippen molar-refractivity contribution in [3.05, 3.63) is 11.6 Å². The van der Waals surface area contributed by atoms with Gasteiger partial charge in [-0.2, -0.15) is 5.26 Å². The van der Waals surface area contributed by atoms with Gasteiger partial charge in [0.15, 0.2) is 0 Å². The van der Waals surface area contributed by atoms with Crippen LogP contribution >= 0.6 is 0 Å². The molecule has 0 heterocycles. The molecule has 2 fully saturated rings. The van der Waals surface area contributed by atoms with Crippen molar-refractivity contribution in [2.45, 2.75) is 63.5 Å². The Balaban J connectivity index is 1.88. The molecule has 0 amide bonds. The molecular weight excluding hydrogens is 260 g/mol. The summed E-state index contributed by atoms with van der Waals surface area (Å²) < 4.78 is 5.43. The molecule has 0 atom stereocenters. The lowest BCUT2D eigenvalue weighted by molar-refractivity contribution is 0.0617. The quantitative estimate of drug-likeness (QED) is 0.740. The lowest BCUT2D eigenvalue weighted by Gasteiger charge is -2.32. The monoisotopic (exact) mass is 290 g/mol. The second-order valence-corrected chi connectivity index (χ2v) is 6.98. The summed E-state index contributed by atoms with van der Waals surface area (Å²) in [4.78, 5) is 2.34. The van der Waals surface area contributed by atoms with Crippen molar-refractivity contribution in [3.8, 4) is 6.07 Å². The topological polar surface area (TPSA) is 36.3 Å². The highest BCUT2D eigenvalue weighted by molar-refractivity contribution is 5.25. The summed E-state index contributed by atoms with van der Waals surface area (Å²) in [5.41, 5.74) is 1.05. The number of allylic oxidation sites excluding steroid dienone is 2. The lowest BCUT2D eigenvalue weighted by Crippen LogP contribution is -2.31. The molecule has 0 aliphatic heterocycles. The first-order chi connectivity index (χ1) is 10.1. The molecular formula is C18H30N2O. The average molecular weight is 290 g/mol. The maximum absolute atomic E-state index is 9.51. The summed E-state index contributed by atoms with van der Waals surface area (Å²) >= 11 is 0. The van der Waals surface area contributed by atoms with Gasteiger partial charge >= 0.3 is 0 Å². The van der Waals surface area contributed by atoms with Crippen molar-refractivity contribution in [1.29, 1.82) is 5.26 Å². The number of nitrogens with zero attached hydrogens (tertiary/aromatic N) is 2. The Morgan fingerprint density at radius 2 is 1.67 bits per heavy atom. The molecule has 2 saturated carbocycles. The third-order valence-corrected chi connectivity index (χ3v) is 5.46. The highest BCUT2D eigenvalue weighted by Gasteiger charge is 2.26. The maximum Gasteiger partial charge on any atom is 0.0946 e. The first-order valence-corrected chi connectivity index (χ1v) is 8.45. The predicted octanol–water partition coefficient (Wildman–Crippen LogP) is 3.76. The first kappa shape index (κ1) is 16.5. The second kappa shape index (κ2) is 7.96. The van der Waals surface area contributed by atoms with Gasteiger partial charge in [-0.3, -0.25) is 0 Å². The van der Waals surface area contributed by atoms with Crippen molar-refractivity contribution < 1.29 is 4.74 Å². The van der Waals surface area contributed by atoms with Crippen molar-refractivity contribution in [3.63, 3.8) is 0 Å². The molecule has 0 aromatic heterocycles. The number of nitriles is 1. The molecule has 21 heavy (non-hydrogen) atoms. The summed E-state index contributed by atoms with van der Waals surface area (Å²) in [6, 6.07) is 3.23. The molecule has 0 saturated heterocycles.